The van der Waals surface area contributed by atoms with Crippen LogP contribution in [0.2, 0.25) is 0 Å². The topological polar surface area (TPSA) is 130 Å². The maximum Gasteiger partial charge on any atom is 0.335 e. The van der Waals surface area contributed by atoms with E-state index in [9.17, 15) is 9.59 Å². The predicted molar refractivity (Wildman–Crippen MR) is 121 cm³/mol. The Bertz CT molecular complexity index is 997. The first-order valence-corrected chi connectivity index (χ1v) is 9.68. The molecule has 4 rings (SSSR count). The Labute approximate surface area is 197 Å². The number of nitrogens with zero attached hydrogens (tertiary/aromatic N) is 3. The fraction of sp³-hybridized carbons (Fsp3) is 0.136. The van der Waals surface area contributed by atoms with Gasteiger partial charge >= 0.3 is 11.9 Å². The Hall–Kier alpha value is -4.11. The summed E-state index contributed by atoms with van der Waals surface area (Å²) in [4.78, 5) is 26.0. The van der Waals surface area contributed by atoms with Gasteiger partial charge in [0.1, 0.15) is 19.7 Å². The number of nitrogens with one attached hydrogen (secondary N) is 3. The second-order valence-corrected chi connectivity index (χ2v) is 6.69. The van der Waals surface area contributed by atoms with Crippen LogP contribution in [0.4, 0.5) is 11.4 Å². The second-order valence-electron chi connectivity index (χ2n) is 6.69. The van der Waals surface area contributed by atoms with Gasteiger partial charge in [-0.15, -0.1) is 0 Å². The average Bonchev–Trinajstić information content (AvgIpc) is 2.81. The molecule has 0 saturated heterocycles. The third-order valence-electron chi connectivity index (χ3n) is 4.25. The van der Waals surface area contributed by atoms with E-state index < -0.39 is 11.9 Å². The van der Waals surface area contributed by atoms with Gasteiger partial charge in [-0.3, -0.25) is 15.4 Å². The number of allylic oxidation sites excluding steroid dienone is 2. The van der Waals surface area contributed by atoms with Gasteiger partial charge in [-0.05, 0) is 48.5 Å². The zero-order valence-electron chi connectivity index (χ0n) is 17.5. The van der Waals surface area contributed by atoms with Crippen molar-refractivity contribution in [3.63, 3.8) is 0 Å². The van der Waals surface area contributed by atoms with E-state index >= 15 is 0 Å². The summed E-state index contributed by atoms with van der Waals surface area (Å²) in [5, 5.41) is 24.4. The molecule has 2 aliphatic rings. The lowest BCUT2D eigenvalue weighted by molar-refractivity contribution is -0.0000369. The lowest BCUT2D eigenvalue weighted by Gasteiger charge is -2.32. The SMILES string of the molecule is O=C(O)c1ccc(NN2C=NCN(Nc3ccc(C(=O)O)cc3)C2)cc1.[C+]1=CC=CNC1.[Cl-]. The van der Waals surface area contributed by atoms with Gasteiger partial charge in [-0.1, -0.05) is 0 Å². The van der Waals surface area contributed by atoms with Gasteiger partial charge in [0.2, 0.25) is 0 Å². The molecule has 11 heteroatoms. The molecule has 0 saturated carbocycles. The number of rotatable bonds is 6. The van der Waals surface area contributed by atoms with Crippen molar-refractivity contribution in [2.24, 2.45) is 4.99 Å². The van der Waals surface area contributed by atoms with Gasteiger partial charge in [-0.25, -0.2) is 9.59 Å². The first-order valence-electron chi connectivity index (χ1n) is 9.68. The minimum Gasteiger partial charge on any atom is -1.00 e. The lowest BCUT2D eigenvalue weighted by Crippen LogP contribution is -3.00. The largest absolute Gasteiger partial charge is 1.00 e. The van der Waals surface area contributed by atoms with Gasteiger partial charge < -0.3 is 33.4 Å². The van der Waals surface area contributed by atoms with Crippen LogP contribution >= 0.6 is 0 Å². The second kappa shape index (κ2) is 12.7. The molecule has 0 amide bonds. The highest BCUT2D eigenvalue weighted by Gasteiger charge is 2.14. The van der Waals surface area contributed by atoms with Crippen LogP contribution in [0, 0.1) is 6.08 Å². The van der Waals surface area contributed by atoms with Gasteiger partial charge in [0.15, 0.2) is 12.6 Å². The van der Waals surface area contributed by atoms with Crippen molar-refractivity contribution in [2.75, 3.05) is 30.7 Å². The summed E-state index contributed by atoms with van der Waals surface area (Å²) in [6.07, 6.45) is 10.3. The third-order valence-corrected chi connectivity index (χ3v) is 4.25. The molecule has 0 atom stereocenters. The van der Waals surface area contributed by atoms with Gasteiger partial charge in [0, 0.05) is 5.69 Å². The van der Waals surface area contributed by atoms with Crippen molar-refractivity contribution in [1.29, 1.82) is 0 Å². The van der Waals surface area contributed by atoms with Crippen molar-refractivity contribution in [1.82, 2.24) is 15.3 Å². The molecule has 2 aromatic rings. The van der Waals surface area contributed by atoms with Crippen molar-refractivity contribution in [3.8, 4) is 0 Å². The van der Waals surface area contributed by atoms with Crippen LogP contribution in [-0.4, -0.2) is 58.4 Å². The standard InChI is InChI=1S/C17H17N5O4.C5H6N.ClH/c23-16(24)12-1-5-14(6-2-12)19-21-9-18-10-22(11-21)20-15-7-3-13(4-8-15)17(25)26;1-2-4-6-5-3-1;/h1-9,19-20H,10-11H2,(H,23,24)(H,25,26);1-2,4,6H,5H2;1H/q;+1;/p-1. The van der Waals surface area contributed by atoms with Crippen molar-refractivity contribution < 1.29 is 32.2 Å². The number of hydrogen-bond donors (Lipinski definition) is 5. The zero-order chi connectivity index (χ0) is 22.8. The number of carboxylic acids is 2. The minimum absolute atomic E-state index is 0. The summed E-state index contributed by atoms with van der Waals surface area (Å²) < 4.78 is 0. The fourth-order valence-corrected chi connectivity index (χ4v) is 2.72. The summed E-state index contributed by atoms with van der Waals surface area (Å²) >= 11 is 0. The summed E-state index contributed by atoms with van der Waals surface area (Å²) in [6, 6.07) is 12.8. The monoisotopic (exact) mass is 470 g/mol. The molecule has 0 radical (unpaired) electrons. The average molecular weight is 471 g/mol. The molecular weight excluding hydrogens is 448 g/mol. The van der Waals surface area contributed by atoms with E-state index in [2.05, 4.69) is 27.2 Å². The van der Waals surface area contributed by atoms with E-state index in [0.717, 1.165) is 17.9 Å². The van der Waals surface area contributed by atoms with Crippen LogP contribution < -0.4 is 28.6 Å². The summed E-state index contributed by atoms with van der Waals surface area (Å²) in [6.45, 7) is 1.75. The molecule has 0 spiro atoms. The quantitative estimate of drug-likeness (QED) is 0.353. The van der Waals surface area contributed by atoms with Crippen LogP contribution in [0.1, 0.15) is 20.7 Å². The Morgan fingerprint density at radius 2 is 1.52 bits per heavy atom. The minimum atomic E-state index is -0.972. The molecule has 33 heavy (non-hydrogen) atoms. The number of carbonyl (C=O) groups is 2. The number of benzene rings is 2. The van der Waals surface area contributed by atoms with E-state index in [1.807, 2.05) is 23.4 Å². The number of aromatic carboxylic acids is 2. The Morgan fingerprint density at radius 3 is 1.94 bits per heavy atom. The van der Waals surface area contributed by atoms with Crippen LogP contribution in [0.5, 0.6) is 0 Å². The highest BCUT2D eigenvalue weighted by atomic mass is 35.5. The normalized spacial score (nSPS) is 14.0. The molecule has 172 valence electrons. The molecule has 2 heterocycles. The molecule has 0 fully saturated rings. The van der Waals surface area contributed by atoms with Crippen molar-refractivity contribution in [2.45, 2.75) is 0 Å². The molecule has 2 aromatic carbocycles. The Morgan fingerprint density at radius 1 is 0.939 bits per heavy atom. The third kappa shape index (κ3) is 8.15. The number of dihydropyridines is 1. The van der Waals surface area contributed by atoms with Crippen LogP contribution in [0.25, 0.3) is 0 Å². The van der Waals surface area contributed by atoms with Crippen LogP contribution in [-0.2, 0) is 0 Å². The number of hydrogen-bond acceptors (Lipinski definition) is 8. The number of anilines is 2. The van der Waals surface area contributed by atoms with E-state index in [1.54, 1.807) is 35.6 Å². The predicted octanol–water partition coefficient (Wildman–Crippen LogP) is -0.535. The lowest BCUT2D eigenvalue weighted by atomic mass is 10.2. The van der Waals surface area contributed by atoms with E-state index in [-0.39, 0.29) is 23.5 Å². The summed E-state index contributed by atoms with van der Waals surface area (Å²) in [7, 11) is 0. The number of halogens is 1. The summed E-state index contributed by atoms with van der Waals surface area (Å²) in [5.74, 6) is -1.94. The zero-order valence-corrected chi connectivity index (χ0v) is 18.2. The van der Waals surface area contributed by atoms with Gasteiger partial charge in [0.05, 0.1) is 35.2 Å². The highest BCUT2D eigenvalue weighted by Crippen LogP contribution is 2.14. The van der Waals surface area contributed by atoms with E-state index in [1.165, 1.54) is 24.3 Å². The maximum atomic E-state index is 10.9. The van der Waals surface area contributed by atoms with Crippen molar-refractivity contribution in [3.05, 3.63) is 84.1 Å². The summed E-state index contributed by atoms with van der Waals surface area (Å²) in [5.41, 5.74) is 8.19. The molecule has 0 aromatic heterocycles. The molecule has 0 aliphatic carbocycles. The number of hydrazine groups is 2. The highest BCUT2D eigenvalue weighted by molar-refractivity contribution is 5.88. The molecule has 0 unspecified atom stereocenters. The van der Waals surface area contributed by atoms with E-state index in [4.69, 9.17) is 10.2 Å². The maximum absolute atomic E-state index is 10.9. The van der Waals surface area contributed by atoms with E-state index in [0.29, 0.717) is 13.3 Å². The molecule has 10 nitrogen and oxygen atoms in total. The Balaban J connectivity index is 0.000000479. The Kier molecular flexibility index (Phi) is 9.66. The molecule has 5 N–H and O–H groups in total. The van der Waals surface area contributed by atoms with Crippen molar-refractivity contribution >= 4 is 29.7 Å². The number of carboxylic acid groups (broad SMARTS) is 2. The first kappa shape index (κ1) is 25.2. The first-order chi connectivity index (χ1) is 15.5. The smallest absolute Gasteiger partial charge is 0.335 e. The molecule has 2 aliphatic heterocycles. The molecule has 0 bridgehead atoms. The van der Waals surface area contributed by atoms with Gasteiger partial charge in [0.25, 0.3) is 0 Å². The number of aliphatic imine (C=N–C) groups is 1. The van der Waals surface area contributed by atoms with Crippen LogP contribution in [0.15, 0.2) is 71.9 Å². The molecular formula is C22H23ClN6O4. The fourth-order valence-electron chi connectivity index (χ4n) is 2.72. The van der Waals surface area contributed by atoms with Crippen LogP contribution in [0.3, 0.4) is 0 Å². The van der Waals surface area contributed by atoms with Gasteiger partial charge in [-0.2, -0.15) is 5.01 Å².